The minimum atomic E-state index is -0.308. The quantitative estimate of drug-likeness (QED) is 0.886. The van der Waals surface area contributed by atoms with Gasteiger partial charge in [0.1, 0.15) is 0 Å². The molecule has 2 aliphatic rings. The molecule has 0 saturated carbocycles. The smallest absolute Gasteiger partial charge is 0.409 e. The standard InChI is InChI=1S/C16H26N4O3S/c1-22-16(21)20-7-2-3-13(17)14(20)11-23-12-4-8-19(9-5-12)15-18-6-10-24-15/h6,10,12-14H,2-5,7-9,11,17H2,1H3/t13-,14-/m0/s1. The summed E-state index contributed by atoms with van der Waals surface area (Å²) < 4.78 is 11.0. The zero-order valence-electron chi connectivity index (χ0n) is 14.1. The van der Waals surface area contributed by atoms with Gasteiger partial charge >= 0.3 is 6.09 Å². The van der Waals surface area contributed by atoms with Crippen molar-refractivity contribution in [3.63, 3.8) is 0 Å². The Labute approximate surface area is 146 Å². The van der Waals surface area contributed by atoms with Crippen LogP contribution in [0, 0.1) is 0 Å². The second-order valence-electron chi connectivity index (χ2n) is 6.37. The van der Waals surface area contributed by atoms with Crippen molar-refractivity contribution in [2.45, 2.75) is 43.9 Å². The SMILES string of the molecule is COC(=O)N1CCC[C@H](N)[C@@H]1COC1CCN(c2nccs2)CC1. The van der Waals surface area contributed by atoms with Crippen molar-refractivity contribution in [2.75, 3.05) is 38.3 Å². The molecule has 2 N–H and O–H groups in total. The van der Waals surface area contributed by atoms with Crippen molar-refractivity contribution in [2.24, 2.45) is 5.73 Å². The summed E-state index contributed by atoms with van der Waals surface area (Å²) in [7, 11) is 1.41. The molecular weight excluding hydrogens is 328 g/mol. The Bertz CT molecular complexity index is 519. The van der Waals surface area contributed by atoms with E-state index < -0.39 is 0 Å². The van der Waals surface area contributed by atoms with Gasteiger partial charge in [-0.1, -0.05) is 0 Å². The first kappa shape index (κ1) is 17.4. The second-order valence-corrected chi connectivity index (χ2v) is 7.24. The van der Waals surface area contributed by atoms with Crippen LogP contribution in [0.2, 0.25) is 0 Å². The molecule has 0 unspecified atom stereocenters. The van der Waals surface area contributed by atoms with E-state index in [4.69, 9.17) is 15.2 Å². The van der Waals surface area contributed by atoms with E-state index in [0.29, 0.717) is 13.2 Å². The van der Waals surface area contributed by atoms with Gasteiger partial charge in [-0.3, -0.25) is 0 Å². The van der Waals surface area contributed by atoms with Crippen molar-refractivity contribution in [3.05, 3.63) is 11.6 Å². The van der Waals surface area contributed by atoms with Gasteiger partial charge in [-0.15, -0.1) is 11.3 Å². The first-order chi connectivity index (χ1) is 11.7. The fourth-order valence-electron chi connectivity index (χ4n) is 3.46. The van der Waals surface area contributed by atoms with Gasteiger partial charge in [-0.25, -0.2) is 9.78 Å². The number of amides is 1. The molecule has 2 fully saturated rings. The Hall–Kier alpha value is -1.38. The number of ether oxygens (including phenoxy) is 2. The first-order valence-corrected chi connectivity index (χ1v) is 9.43. The minimum Gasteiger partial charge on any atom is -0.453 e. The third-order valence-electron chi connectivity index (χ3n) is 4.87. The summed E-state index contributed by atoms with van der Waals surface area (Å²) in [4.78, 5) is 20.3. The number of methoxy groups -OCH3 is 1. The van der Waals surface area contributed by atoms with Crippen LogP contribution in [0.4, 0.5) is 9.93 Å². The third kappa shape index (κ3) is 3.99. The maximum atomic E-state index is 11.9. The van der Waals surface area contributed by atoms with Crippen LogP contribution in [0.5, 0.6) is 0 Å². The first-order valence-electron chi connectivity index (χ1n) is 8.55. The zero-order chi connectivity index (χ0) is 16.9. The zero-order valence-corrected chi connectivity index (χ0v) is 14.9. The van der Waals surface area contributed by atoms with Crippen LogP contribution in [0.1, 0.15) is 25.7 Å². The number of aromatic nitrogens is 1. The number of carbonyl (C=O) groups is 1. The van der Waals surface area contributed by atoms with E-state index in [-0.39, 0.29) is 24.3 Å². The fourth-order valence-corrected chi connectivity index (χ4v) is 4.16. The lowest BCUT2D eigenvalue weighted by Crippen LogP contribution is -2.56. The van der Waals surface area contributed by atoms with E-state index >= 15 is 0 Å². The lowest BCUT2D eigenvalue weighted by atomic mass is 9.98. The average Bonchev–Trinajstić information content (AvgIpc) is 3.15. The molecule has 3 rings (SSSR count). The predicted octanol–water partition coefficient (Wildman–Crippen LogP) is 1.69. The van der Waals surface area contributed by atoms with Crippen LogP contribution in [-0.2, 0) is 9.47 Å². The van der Waals surface area contributed by atoms with Crippen LogP contribution in [0.15, 0.2) is 11.6 Å². The summed E-state index contributed by atoms with van der Waals surface area (Å²) in [6.45, 7) is 3.08. The lowest BCUT2D eigenvalue weighted by molar-refractivity contribution is -0.0163. The van der Waals surface area contributed by atoms with Crippen molar-refractivity contribution >= 4 is 22.6 Å². The molecule has 0 spiro atoms. The molecule has 134 valence electrons. The summed E-state index contributed by atoms with van der Waals surface area (Å²) >= 11 is 1.67. The van der Waals surface area contributed by atoms with Gasteiger partial charge in [0.25, 0.3) is 0 Å². The van der Waals surface area contributed by atoms with Gasteiger partial charge in [0.15, 0.2) is 5.13 Å². The number of nitrogens with two attached hydrogens (primary N) is 1. The number of hydrogen-bond acceptors (Lipinski definition) is 7. The van der Waals surface area contributed by atoms with Crippen LogP contribution >= 0.6 is 11.3 Å². The topological polar surface area (TPSA) is 80.9 Å². The number of likely N-dealkylation sites (tertiary alicyclic amines) is 1. The molecule has 3 heterocycles. The van der Waals surface area contributed by atoms with Crippen LogP contribution in [0.3, 0.4) is 0 Å². The highest BCUT2D eigenvalue weighted by atomic mass is 32.1. The molecule has 1 aromatic heterocycles. The van der Waals surface area contributed by atoms with Crippen molar-refractivity contribution in [1.29, 1.82) is 0 Å². The second kappa shape index (κ2) is 8.13. The Balaban J connectivity index is 1.48. The lowest BCUT2D eigenvalue weighted by Gasteiger charge is -2.40. The molecule has 7 nitrogen and oxygen atoms in total. The highest BCUT2D eigenvalue weighted by Gasteiger charge is 2.34. The van der Waals surface area contributed by atoms with Gasteiger partial charge in [0.05, 0.1) is 25.9 Å². The number of carbonyl (C=O) groups excluding carboxylic acids is 1. The fraction of sp³-hybridized carbons (Fsp3) is 0.750. The van der Waals surface area contributed by atoms with Crippen LogP contribution < -0.4 is 10.6 Å². The monoisotopic (exact) mass is 354 g/mol. The molecule has 1 amide bonds. The minimum absolute atomic E-state index is 0.0479. The third-order valence-corrected chi connectivity index (χ3v) is 5.71. The molecule has 0 bridgehead atoms. The molecule has 2 aliphatic heterocycles. The molecule has 1 aromatic rings. The molecule has 2 saturated heterocycles. The molecule has 0 aromatic carbocycles. The number of nitrogens with zero attached hydrogens (tertiary/aromatic N) is 3. The van der Waals surface area contributed by atoms with E-state index in [9.17, 15) is 4.79 Å². The molecule has 8 heteroatoms. The van der Waals surface area contributed by atoms with E-state index in [1.807, 2.05) is 11.6 Å². The number of thiazole rings is 1. The summed E-state index contributed by atoms with van der Waals surface area (Å²) in [5.74, 6) is 0. The highest BCUT2D eigenvalue weighted by molar-refractivity contribution is 7.13. The molecular formula is C16H26N4O3S. The summed E-state index contributed by atoms with van der Waals surface area (Å²) in [6, 6.07) is -0.142. The maximum Gasteiger partial charge on any atom is 0.409 e. The molecule has 0 radical (unpaired) electrons. The number of piperidine rings is 2. The van der Waals surface area contributed by atoms with Gasteiger partial charge in [-0.05, 0) is 25.7 Å². The highest BCUT2D eigenvalue weighted by Crippen LogP contribution is 2.24. The van der Waals surface area contributed by atoms with E-state index in [1.165, 1.54) is 7.11 Å². The van der Waals surface area contributed by atoms with Crippen LogP contribution in [0.25, 0.3) is 0 Å². The Morgan fingerprint density at radius 1 is 1.38 bits per heavy atom. The van der Waals surface area contributed by atoms with E-state index in [2.05, 4.69) is 9.88 Å². The Morgan fingerprint density at radius 2 is 2.17 bits per heavy atom. The van der Waals surface area contributed by atoms with Crippen molar-refractivity contribution in [3.8, 4) is 0 Å². The van der Waals surface area contributed by atoms with Gasteiger partial charge in [0, 0.05) is 37.3 Å². The van der Waals surface area contributed by atoms with Gasteiger partial charge in [-0.2, -0.15) is 0 Å². The number of hydrogen-bond donors (Lipinski definition) is 1. The van der Waals surface area contributed by atoms with Crippen molar-refractivity contribution in [1.82, 2.24) is 9.88 Å². The normalized spacial score (nSPS) is 25.8. The molecule has 0 aliphatic carbocycles. The average molecular weight is 354 g/mol. The largest absolute Gasteiger partial charge is 0.453 e. The van der Waals surface area contributed by atoms with E-state index in [0.717, 1.165) is 43.9 Å². The molecule has 2 atom stereocenters. The number of rotatable bonds is 4. The van der Waals surface area contributed by atoms with E-state index in [1.54, 1.807) is 16.2 Å². The van der Waals surface area contributed by atoms with Crippen molar-refractivity contribution < 1.29 is 14.3 Å². The van der Waals surface area contributed by atoms with Crippen LogP contribution in [-0.4, -0.2) is 67.5 Å². The summed E-state index contributed by atoms with van der Waals surface area (Å²) in [6.07, 6.45) is 5.53. The van der Waals surface area contributed by atoms with Gasteiger partial charge in [0.2, 0.25) is 0 Å². The predicted molar refractivity (Wildman–Crippen MR) is 93.4 cm³/mol. The van der Waals surface area contributed by atoms with Gasteiger partial charge < -0.3 is 25.0 Å². The Morgan fingerprint density at radius 3 is 2.83 bits per heavy atom. The maximum absolute atomic E-state index is 11.9. The summed E-state index contributed by atoms with van der Waals surface area (Å²) in [5.41, 5.74) is 6.22. The summed E-state index contributed by atoms with van der Waals surface area (Å²) in [5, 5.41) is 3.09. The molecule has 24 heavy (non-hydrogen) atoms. The Kier molecular flexibility index (Phi) is 5.91. The number of anilines is 1.